The van der Waals surface area contributed by atoms with Crippen LogP contribution in [0.5, 0.6) is 11.5 Å². The minimum absolute atomic E-state index is 0.0786. The molecule has 0 bridgehead atoms. The van der Waals surface area contributed by atoms with Gasteiger partial charge in [0.05, 0.1) is 33.4 Å². The van der Waals surface area contributed by atoms with Crippen molar-refractivity contribution >= 4 is 63.2 Å². The van der Waals surface area contributed by atoms with Crippen LogP contribution in [0.15, 0.2) is 46.3 Å². The second kappa shape index (κ2) is 9.52. The number of carbonyl (C=O) groups is 2. The number of hydrogen-bond donors (Lipinski definition) is 1. The van der Waals surface area contributed by atoms with Gasteiger partial charge in [0, 0.05) is 7.05 Å². The first-order chi connectivity index (χ1) is 14.3. The largest absolute Gasteiger partial charge is 0.504 e. The van der Waals surface area contributed by atoms with E-state index in [4.69, 9.17) is 9.47 Å². The maximum atomic E-state index is 12.7. The van der Waals surface area contributed by atoms with Crippen LogP contribution < -0.4 is 4.74 Å². The number of thioether (sulfide) groups is 1. The van der Waals surface area contributed by atoms with Gasteiger partial charge in [-0.2, -0.15) is 0 Å². The van der Waals surface area contributed by atoms with Crippen LogP contribution in [0.4, 0.5) is 5.69 Å². The molecule has 0 radical (unpaired) electrons. The van der Waals surface area contributed by atoms with Crippen LogP contribution in [0, 0.1) is 3.57 Å². The van der Waals surface area contributed by atoms with Gasteiger partial charge in [-0.15, -0.1) is 0 Å². The number of amidine groups is 1. The van der Waals surface area contributed by atoms with E-state index in [0.717, 1.165) is 5.56 Å². The summed E-state index contributed by atoms with van der Waals surface area (Å²) in [6.07, 6.45) is 1.74. The quantitative estimate of drug-likeness (QED) is 0.345. The number of amides is 1. The number of esters is 1. The molecule has 0 spiro atoms. The molecule has 0 saturated carbocycles. The second-order valence-electron chi connectivity index (χ2n) is 6.19. The van der Waals surface area contributed by atoms with E-state index in [1.165, 1.54) is 23.8 Å². The van der Waals surface area contributed by atoms with Crippen LogP contribution >= 0.6 is 34.4 Å². The first-order valence-corrected chi connectivity index (χ1v) is 10.8. The van der Waals surface area contributed by atoms with Gasteiger partial charge in [-0.05, 0) is 83.2 Å². The maximum Gasteiger partial charge on any atom is 0.337 e. The molecule has 2 aromatic carbocycles. The number of methoxy groups -OCH3 is 1. The zero-order valence-corrected chi connectivity index (χ0v) is 19.5. The summed E-state index contributed by atoms with van der Waals surface area (Å²) in [5.41, 5.74) is 1.66. The Hall–Kier alpha value is -2.53. The predicted octanol–water partition coefficient (Wildman–Crippen LogP) is 4.42. The predicted molar refractivity (Wildman–Crippen MR) is 125 cm³/mol. The van der Waals surface area contributed by atoms with Crippen LogP contribution in [-0.2, 0) is 9.53 Å². The number of phenolic OH excluding ortho intramolecular Hbond substituents is 1. The highest BCUT2D eigenvalue weighted by atomic mass is 127. The molecule has 0 aromatic heterocycles. The highest BCUT2D eigenvalue weighted by molar-refractivity contribution is 14.1. The molecule has 30 heavy (non-hydrogen) atoms. The molecule has 156 valence electrons. The van der Waals surface area contributed by atoms with E-state index < -0.39 is 5.97 Å². The highest BCUT2D eigenvalue weighted by Crippen LogP contribution is 2.37. The van der Waals surface area contributed by atoms with Gasteiger partial charge in [0.1, 0.15) is 0 Å². The molecule has 0 atom stereocenters. The molecular formula is C21H19IN2O5S. The van der Waals surface area contributed by atoms with Crippen LogP contribution in [0.25, 0.3) is 6.08 Å². The van der Waals surface area contributed by atoms with Crippen molar-refractivity contribution in [2.24, 2.45) is 4.99 Å². The van der Waals surface area contributed by atoms with Crippen molar-refractivity contribution in [3.63, 3.8) is 0 Å². The summed E-state index contributed by atoms with van der Waals surface area (Å²) >= 11 is 3.25. The van der Waals surface area contributed by atoms with E-state index in [0.29, 0.717) is 37.3 Å². The van der Waals surface area contributed by atoms with E-state index in [-0.39, 0.29) is 11.7 Å². The normalized spacial score (nSPS) is 16.4. The van der Waals surface area contributed by atoms with E-state index in [1.807, 2.05) is 29.5 Å². The molecular weight excluding hydrogens is 519 g/mol. The molecule has 2 aromatic rings. The summed E-state index contributed by atoms with van der Waals surface area (Å²) in [7, 11) is 2.96. The third-order valence-corrected chi connectivity index (χ3v) is 6.03. The average molecular weight is 538 g/mol. The zero-order valence-electron chi connectivity index (χ0n) is 16.5. The lowest BCUT2D eigenvalue weighted by atomic mass is 10.2. The fourth-order valence-electron chi connectivity index (χ4n) is 2.68. The van der Waals surface area contributed by atoms with Crippen molar-refractivity contribution in [3.8, 4) is 11.5 Å². The Morgan fingerprint density at radius 3 is 2.80 bits per heavy atom. The fraction of sp³-hybridized carbons (Fsp3) is 0.190. The minimum Gasteiger partial charge on any atom is -0.504 e. The van der Waals surface area contributed by atoms with E-state index in [2.05, 4.69) is 4.99 Å². The molecule has 1 heterocycles. The fourth-order valence-corrected chi connectivity index (χ4v) is 4.29. The van der Waals surface area contributed by atoms with Crippen LogP contribution in [0.3, 0.4) is 0 Å². The summed E-state index contributed by atoms with van der Waals surface area (Å²) in [5, 5.41) is 10.6. The van der Waals surface area contributed by atoms with Gasteiger partial charge in [-0.3, -0.25) is 9.69 Å². The first kappa shape index (κ1) is 22.2. The molecule has 3 rings (SSSR count). The van der Waals surface area contributed by atoms with Crippen LogP contribution in [-0.4, -0.2) is 47.8 Å². The minimum atomic E-state index is -0.451. The first-order valence-electron chi connectivity index (χ1n) is 8.94. The Labute approximate surface area is 191 Å². The van der Waals surface area contributed by atoms with Crippen LogP contribution in [0.2, 0.25) is 0 Å². The summed E-state index contributed by atoms with van der Waals surface area (Å²) in [6, 6.07) is 10.2. The summed E-state index contributed by atoms with van der Waals surface area (Å²) < 4.78 is 10.8. The highest BCUT2D eigenvalue weighted by Gasteiger charge is 2.30. The smallest absolute Gasteiger partial charge is 0.337 e. The molecule has 1 saturated heterocycles. The van der Waals surface area contributed by atoms with E-state index in [1.54, 1.807) is 49.5 Å². The molecule has 7 nitrogen and oxygen atoms in total. The second-order valence-corrected chi connectivity index (χ2v) is 8.36. The van der Waals surface area contributed by atoms with E-state index in [9.17, 15) is 14.7 Å². The van der Waals surface area contributed by atoms with Crippen molar-refractivity contribution in [2.45, 2.75) is 6.92 Å². The zero-order chi connectivity index (χ0) is 21.8. The molecule has 9 heteroatoms. The molecule has 1 N–H and O–H groups in total. The number of hydrogen-bond acceptors (Lipinski definition) is 7. The Morgan fingerprint density at radius 2 is 2.10 bits per heavy atom. The van der Waals surface area contributed by atoms with Crippen molar-refractivity contribution in [2.75, 3.05) is 20.8 Å². The molecule has 1 amide bonds. The molecule has 1 aliphatic heterocycles. The maximum absolute atomic E-state index is 12.7. The lowest BCUT2D eigenvalue weighted by Crippen LogP contribution is -2.23. The number of aromatic hydroxyl groups is 1. The third-order valence-electron chi connectivity index (χ3n) is 4.14. The topological polar surface area (TPSA) is 88.4 Å². The number of nitrogens with zero attached hydrogens (tertiary/aromatic N) is 2. The average Bonchev–Trinajstić information content (AvgIpc) is 2.99. The number of aliphatic imine (C=N–C) groups is 1. The summed E-state index contributed by atoms with van der Waals surface area (Å²) in [4.78, 5) is 30.9. The summed E-state index contributed by atoms with van der Waals surface area (Å²) in [6.45, 7) is 2.25. The molecule has 0 aliphatic carbocycles. The number of carbonyl (C=O) groups excluding carboxylic acids is 2. The standard InChI is InChI=1S/C21H19IN2O5S/c1-4-29-16-9-12(8-15(22)18(16)25)10-17-19(26)24(2)21(30-17)23-14-7-5-6-13(11-14)20(27)28-3/h5-11,25H,4H2,1-3H3. The van der Waals surface area contributed by atoms with Gasteiger partial charge in [-0.25, -0.2) is 9.79 Å². The molecule has 0 unspecified atom stereocenters. The van der Waals surface area contributed by atoms with Gasteiger partial charge >= 0.3 is 5.97 Å². The van der Waals surface area contributed by atoms with Crippen molar-refractivity contribution in [1.82, 2.24) is 4.90 Å². The number of rotatable bonds is 5. The number of halogens is 1. The van der Waals surface area contributed by atoms with E-state index >= 15 is 0 Å². The molecule has 1 fully saturated rings. The Morgan fingerprint density at radius 1 is 1.33 bits per heavy atom. The van der Waals surface area contributed by atoms with Crippen molar-refractivity contribution in [3.05, 3.63) is 56.0 Å². The van der Waals surface area contributed by atoms with Gasteiger partial charge in [0.25, 0.3) is 5.91 Å². The lowest BCUT2D eigenvalue weighted by Gasteiger charge is -2.09. The summed E-state index contributed by atoms with van der Waals surface area (Å²) in [5.74, 6) is -0.194. The Kier molecular flexibility index (Phi) is 7.03. The SMILES string of the molecule is CCOc1cc(C=C2SC(=Nc3cccc(C(=O)OC)c3)N(C)C2=O)cc(I)c1O. The number of ether oxygens (including phenoxy) is 2. The third kappa shape index (κ3) is 4.78. The van der Waals surface area contributed by atoms with Gasteiger partial charge < -0.3 is 14.6 Å². The Bertz CT molecular complexity index is 1070. The van der Waals surface area contributed by atoms with Crippen molar-refractivity contribution < 1.29 is 24.2 Å². The van der Waals surface area contributed by atoms with Gasteiger partial charge in [0.2, 0.25) is 0 Å². The lowest BCUT2D eigenvalue weighted by molar-refractivity contribution is -0.121. The monoisotopic (exact) mass is 538 g/mol. The number of likely N-dealkylation sites (N-methyl/N-ethyl adjacent to an activating group) is 1. The number of phenols is 1. The van der Waals surface area contributed by atoms with Crippen molar-refractivity contribution in [1.29, 1.82) is 0 Å². The van der Waals surface area contributed by atoms with Gasteiger partial charge in [0.15, 0.2) is 16.7 Å². The van der Waals surface area contributed by atoms with Gasteiger partial charge in [-0.1, -0.05) is 6.07 Å². The van der Waals surface area contributed by atoms with Crippen LogP contribution in [0.1, 0.15) is 22.8 Å². The molecule has 1 aliphatic rings. The Balaban J connectivity index is 1.91. The number of benzene rings is 2.